The van der Waals surface area contributed by atoms with Crippen LogP contribution in [-0.4, -0.2) is 42.4 Å². The van der Waals surface area contributed by atoms with E-state index in [0.717, 1.165) is 30.9 Å². The molecule has 1 unspecified atom stereocenters. The molecule has 2 aromatic rings. The number of aryl methyl sites for hydroxylation is 1. The molecule has 0 bridgehead atoms. The molecule has 3 rings (SSSR count). The highest BCUT2D eigenvalue weighted by molar-refractivity contribution is 5.77. The fourth-order valence-corrected chi connectivity index (χ4v) is 3.33. The predicted octanol–water partition coefficient (Wildman–Crippen LogP) is 2.72. The number of hydrogen-bond acceptors (Lipinski definition) is 3. The smallest absolute Gasteiger partial charge is 0.223 e. The fraction of sp³-hybridized carbons (Fsp3) is 0.350. The lowest BCUT2D eigenvalue weighted by Gasteiger charge is -2.40. The van der Waals surface area contributed by atoms with Crippen molar-refractivity contribution in [1.29, 1.82) is 0 Å². The first-order valence-electron chi connectivity index (χ1n) is 8.51. The molecule has 2 aromatic carbocycles. The number of benzene rings is 2. The predicted molar refractivity (Wildman–Crippen MR) is 97.6 cm³/mol. The van der Waals surface area contributed by atoms with Crippen LogP contribution in [0.15, 0.2) is 54.6 Å². The molecule has 4 nitrogen and oxygen atoms in total. The van der Waals surface area contributed by atoms with Gasteiger partial charge in [0, 0.05) is 31.7 Å². The van der Waals surface area contributed by atoms with Crippen molar-refractivity contribution in [2.24, 2.45) is 0 Å². The minimum atomic E-state index is 0.130. The molecule has 0 aromatic heterocycles. The monoisotopic (exact) mass is 323 g/mol. The Morgan fingerprint density at radius 1 is 1.08 bits per heavy atom. The maximum atomic E-state index is 12.8. The highest BCUT2D eigenvalue weighted by Crippen LogP contribution is 2.26. The van der Waals surface area contributed by atoms with E-state index in [1.807, 2.05) is 47.4 Å². The number of nitrogens with two attached hydrogens (primary N) is 1. The average Bonchev–Trinajstić information content (AvgIpc) is 2.61. The average molecular weight is 323 g/mol. The molecule has 0 spiro atoms. The van der Waals surface area contributed by atoms with Crippen LogP contribution in [-0.2, 0) is 11.2 Å². The van der Waals surface area contributed by atoms with Gasteiger partial charge in [-0.3, -0.25) is 4.79 Å². The Bertz CT molecular complexity index is 686. The first-order chi connectivity index (χ1) is 11.6. The zero-order chi connectivity index (χ0) is 16.9. The van der Waals surface area contributed by atoms with E-state index in [0.29, 0.717) is 12.8 Å². The third kappa shape index (κ3) is 3.77. The van der Waals surface area contributed by atoms with Crippen molar-refractivity contribution in [2.45, 2.75) is 18.9 Å². The van der Waals surface area contributed by atoms with Gasteiger partial charge in [-0.1, -0.05) is 48.5 Å². The van der Waals surface area contributed by atoms with E-state index in [1.54, 1.807) is 0 Å². The minimum absolute atomic E-state index is 0.130. The number of amides is 1. The fourth-order valence-electron chi connectivity index (χ4n) is 3.33. The lowest BCUT2D eigenvalue weighted by atomic mass is 10.0. The number of piperazine rings is 1. The molecule has 0 aliphatic carbocycles. The van der Waals surface area contributed by atoms with Crippen molar-refractivity contribution in [1.82, 2.24) is 9.80 Å². The van der Waals surface area contributed by atoms with Gasteiger partial charge in [-0.2, -0.15) is 0 Å². The maximum absolute atomic E-state index is 12.8. The van der Waals surface area contributed by atoms with Crippen LogP contribution in [0.5, 0.6) is 0 Å². The van der Waals surface area contributed by atoms with Gasteiger partial charge in [-0.05, 0) is 30.7 Å². The van der Waals surface area contributed by atoms with E-state index >= 15 is 0 Å². The third-order valence-electron chi connectivity index (χ3n) is 4.75. The number of likely N-dealkylation sites (N-methyl/N-ethyl adjacent to an activating group) is 1. The van der Waals surface area contributed by atoms with E-state index in [2.05, 4.69) is 24.1 Å². The zero-order valence-electron chi connectivity index (χ0n) is 14.2. The summed E-state index contributed by atoms with van der Waals surface area (Å²) in [6.07, 6.45) is 1.20. The van der Waals surface area contributed by atoms with E-state index in [4.69, 9.17) is 5.73 Å². The molecule has 1 aliphatic heterocycles. The summed E-state index contributed by atoms with van der Waals surface area (Å²) in [5.41, 5.74) is 9.01. The quantitative estimate of drug-likeness (QED) is 0.880. The second-order valence-electron chi connectivity index (χ2n) is 6.47. The van der Waals surface area contributed by atoms with Crippen LogP contribution >= 0.6 is 0 Å². The zero-order valence-corrected chi connectivity index (χ0v) is 14.2. The summed E-state index contributed by atoms with van der Waals surface area (Å²) in [6.45, 7) is 2.57. The van der Waals surface area contributed by atoms with Gasteiger partial charge >= 0.3 is 0 Å². The van der Waals surface area contributed by atoms with E-state index in [1.165, 1.54) is 5.56 Å². The highest BCUT2D eigenvalue weighted by Gasteiger charge is 2.29. The molecule has 1 fully saturated rings. The number of anilines is 1. The highest BCUT2D eigenvalue weighted by atomic mass is 16.2. The van der Waals surface area contributed by atoms with E-state index in [9.17, 15) is 4.79 Å². The van der Waals surface area contributed by atoms with Gasteiger partial charge in [0.1, 0.15) is 0 Å². The number of nitrogens with zero attached hydrogens (tertiary/aromatic N) is 2. The minimum Gasteiger partial charge on any atom is -0.399 e. The molecule has 1 aliphatic rings. The van der Waals surface area contributed by atoms with Gasteiger partial charge in [0.25, 0.3) is 0 Å². The van der Waals surface area contributed by atoms with Crippen molar-refractivity contribution in [3.63, 3.8) is 0 Å². The normalized spacial score (nSPS) is 18.5. The lowest BCUT2D eigenvalue weighted by Crippen LogP contribution is -2.49. The molecule has 0 radical (unpaired) electrons. The van der Waals surface area contributed by atoms with Crippen LogP contribution in [0.1, 0.15) is 23.6 Å². The standard InChI is InChI=1S/C20H25N3O/c1-22-13-14-23(19(15-22)17-8-3-2-4-9-17)20(24)12-11-16-7-5-6-10-18(16)21/h2-10,19H,11-15,21H2,1H3. The topological polar surface area (TPSA) is 49.6 Å². The van der Waals surface area contributed by atoms with Gasteiger partial charge < -0.3 is 15.5 Å². The number of carbonyl (C=O) groups is 1. The summed E-state index contributed by atoms with van der Waals surface area (Å²) in [5.74, 6) is 0.209. The second-order valence-corrected chi connectivity index (χ2v) is 6.47. The molecule has 2 N–H and O–H groups in total. The summed E-state index contributed by atoms with van der Waals surface area (Å²) in [6, 6.07) is 18.2. The van der Waals surface area contributed by atoms with Crippen molar-refractivity contribution in [2.75, 3.05) is 32.4 Å². The van der Waals surface area contributed by atoms with Gasteiger partial charge in [-0.25, -0.2) is 0 Å². The van der Waals surface area contributed by atoms with Crippen LogP contribution in [0.3, 0.4) is 0 Å². The number of rotatable bonds is 4. The number of para-hydroxylation sites is 1. The van der Waals surface area contributed by atoms with Gasteiger partial charge in [0.2, 0.25) is 5.91 Å². The molecular weight excluding hydrogens is 298 g/mol. The van der Waals surface area contributed by atoms with Gasteiger partial charge in [0.15, 0.2) is 0 Å². The Kier molecular flexibility index (Phi) is 5.16. The first-order valence-corrected chi connectivity index (χ1v) is 8.51. The second kappa shape index (κ2) is 7.49. The number of carbonyl (C=O) groups excluding carboxylic acids is 1. The number of hydrogen-bond donors (Lipinski definition) is 1. The van der Waals surface area contributed by atoms with Crippen LogP contribution in [0.4, 0.5) is 5.69 Å². The Hall–Kier alpha value is -2.33. The van der Waals surface area contributed by atoms with Crippen LogP contribution in [0.25, 0.3) is 0 Å². The summed E-state index contributed by atoms with van der Waals surface area (Å²) >= 11 is 0. The van der Waals surface area contributed by atoms with Crippen molar-refractivity contribution in [3.8, 4) is 0 Å². The SMILES string of the molecule is CN1CCN(C(=O)CCc2ccccc2N)C(c2ccccc2)C1. The molecule has 0 saturated carbocycles. The molecule has 1 amide bonds. The summed E-state index contributed by atoms with van der Waals surface area (Å²) in [5, 5.41) is 0. The molecule has 1 saturated heterocycles. The van der Waals surface area contributed by atoms with E-state index in [-0.39, 0.29) is 11.9 Å². The Morgan fingerprint density at radius 3 is 2.54 bits per heavy atom. The number of nitrogen functional groups attached to an aromatic ring is 1. The van der Waals surface area contributed by atoms with Crippen molar-refractivity contribution >= 4 is 11.6 Å². The summed E-state index contributed by atoms with van der Waals surface area (Å²) in [4.78, 5) is 17.2. The Morgan fingerprint density at radius 2 is 1.79 bits per heavy atom. The van der Waals surface area contributed by atoms with Crippen LogP contribution in [0.2, 0.25) is 0 Å². The van der Waals surface area contributed by atoms with Gasteiger partial charge in [0.05, 0.1) is 6.04 Å². The molecule has 126 valence electrons. The first kappa shape index (κ1) is 16.5. The molecular formula is C20H25N3O. The summed E-state index contributed by atoms with van der Waals surface area (Å²) in [7, 11) is 2.11. The van der Waals surface area contributed by atoms with E-state index < -0.39 is 0 Å². The van der Waals surface area contributed by atoms with Crippen molar-refractivity contribution < 1.29 is 4.79 Å². The van der Waals surface area contributed by atoms with Gasteiger partial charge in [-0.15, -0.1) is 0 Å². The van der Waals surface area contributed by atoms with Crippen LogP contribution in [0, 0.1) is 0 Å². The Labute approximate surface area is 143 Å². The maximum Gasteiger partial charge on any atom is 0.223 e. The third-order valence-corrected chi connectivity index (χ3v) is 4.75. The molecule has 4 heteroatoms. The molecule has 24 heavy (non-hydrogen) atoms. The largest absolute Gasteiger partial charge is 0.399 e. The van der Waals surface area contributed by atoms with Crippen molar-refractivity contribution in [3.05, 3.63) is 65.7 Å². The lowest BCUT2D eigenvalue weighted by molar-refractivity contribution is -0.136. The molecule has 1 heterocycles. The summed E-state index contributed by atoms with van der Waals surface area (Å²) < 4.78 is 0. The van der Waals surface area contributed by atoms with Crippen LogP contribution < -0.4 is 5.73 Å². The Balaban J connectivity index is 1.71. The molecule has 1 atom stereocenters.